The van der Waals surface area contributed by atoms with E-state index in [1.54, 1.807) is 24.3 Å². The van der Waals surface area contributed by atoms with E-state index in [0.717, 1.165) is 31.9 Å². The van der Waals surface area contributed by atoms with Crippen LogP contribution in [0, 0.1) is 11.3 Å². The van der Waals surface area contributed by atoms with Crippen molar-refractivity contribution in [3.63, 3.8) is 0 Å². The van der Waals surface area contributed by atoms with Gasteiger partial charge in [-0.05, 0) is 43.4 Å². The molecular weight excluding hydrogens is 314 g/mol. The molecule has 6 nitrogen and oxygen atoms in total. The van der Waals surface area contributed by atoms with Crippen LogP contribution >= 0.6 is 0 Å². The van der Waals surface area contributed by atoms with Crippen molar-refractivity contribution in [1.82, 2.24) is 4.90 Å². The van der Waals surface area contributed by atoms with Crippen molar-refractivity contribution in [3.05, 3.63) is 54.1 Å². The number of nitrogens with one attached hydrogen (secondary N) is 2. The third-order valence-corrected chi connectivity index (χ3v) is 4.29. The van der Waals surface area contributed by atoms with Gasteiger partial charge in [-0.15, -0.1) is 0 Å². The van der Waals surface area contributed by atoms with Gasteiger partial charge in [-0.25, -0.2) is 4.79 Å². The van der Waals surface area contributed by atoms with E-state index in [0.29, 0.717) is 16.9 Å². The fourth-order valence-corrected chi connectivity index (χ4v) is 2.79. The van der Waals surface area contributed by atoms with Gasteiger partial charge in [0.2, 0.25) is 0 Å². The van der Waals surface area contributed by atoms with Gasteiger partial charge in [-0.2, -0.15) is 5.26 Å². The fraction of sp³-hybridized carbons (Fsp3) is 0.263. The number of anilines is 3. The van der Waals surface area contributed by atoms with Crippen molar-refractivity contribution in [1.29, 1.82) is 5.26 Å². The molecule has 0 radical (unpaired) electrons. The Morgan fingerprint density at radius 1 is 1.00 bits per heavy atom. The number of likely N-dealkylation sites (N-methyl/N-ethyl adjacent to an activating group) is 1. The second-order valence-electron chi connectivity index (χ2n) is 6.07. The molecule has 1 fully saturated rings. The first-order valence-corrected chi connectivity index (χ1v) is 8.26. The molecule has 0 bridgehead atoms. The molecule has 0 aliphatic carbocycles. The first kappa shape index (κ1) is 16.8. The number of urea groups is 1. The van der Waals surface area contributed by atoms with E-state index in [2.05, 4.69) is 33.6 Å². The van der Waals surface area contributed by atoms with Crippen LogP contribution in [0.15, 0.2) is 48.5 Å². The number of nitrogens with zero attached hydrogens (tertiary/aromatic N) is 3. The second kappa shape index (κ2) is 7.69. The number of piperazine rings is 1. The van der Waals surface area contributed by atoms with Gasteiger partial charge in [-0.1, -0.05) is 12.1 Å². The number of carbonyl (C=O) groups excluding carboxylic acids is 1. The number of nitriles is 1. The van der Waals surface area contributed by atoms with Crippen LogP contribution < -0.4 is 15.5 Å². The lowest BCUT2D eigenvalue weighted by Crippen LogP contribution is -2.44. The van der Waals surface area contributed by atoms with Crippen LogP contribution in [0.4, 0.5) is 21.9 Å². The van der Waals surface area contributed by atoms with E-state index in [4.69, 9.17) is 5.26 Å². The van der Waals surface area contributed by atoms with Crippen molar-refractivity contribution >= 4 is 23.1 Å². The summed E-state index contributed by atoms with van der Waals surface area (Å²) >= 11 is 0. The van der Waals surface area contributed by atoms with Crippen molar-refractivity contribution in [2.45, 2.75) is 0 Å². The van der Waals surface area contributed by atoms with Gasteiger partial charge in [0.05, 0.1) is 11.3 Å². The highest BCUT2D eigenvalue weighted by molar-refractivity contribution is 6.00. The average molecular weight is 335 g/mol. The zero-order valence-corrected chi connectivity index (χ0v) is 14.2. The van der Waals surface area contributed by atoms with Crippen LogP contribution in [0.2, 0.25) is 0 Å². The van der Waals surface area contributed by atoms with Gasteiger partial charge in [-0.3, -0.25) is 0 Å². The number of hydrogen-bond donors (Lipinski definition) is 2. The van der Waals surface area contributed by atoms with Crippen LogP contribution in [0.3, 0.4) is 0 Å². The molecule has 128 valence electrons. The molecule has 2 aromatic rings. The first-order valence-electron chi connectivity index (χ1n) is 8.26. The van der Waals surface area contributed by atoms with E-state index in [1.807, 2.05) is 24.3 Å². The lowest BCUT2D eigenvalue weighted by atomic mass is 10.2. The quantitative estimate of drug-likeness (QED) is 0.905. The standard InChI is InChI=1S/C19H21N5O/c1-23-10-12-24(13-11-23)17-8-6-16(7-9-17)21-19(25)22-18-5-3-2-4-15(18)14-20/h2-9H,10-13H2,1H3,(H2,21,22,25). The Bertz CT molecular complexity index is 773. The van der Waals surface area contributed by atoms with E-state index in [1.165, 1.54) is 0 Å². The Kier molecular flexibility index (Phi) is 5.17. The van der Waals surface area contributed by atoms with Crippen LogP contribution in [0.5, 0.6) is 0 Å². The van der Waals surface area contributed by atoms with Gasteiger partial charge in [0.25, 0.3) is 0 Å². The van der Waals surface area contributed by atoms with Crippen LogP contribution in [0.25, 0.3) is 0 Å². The summed E-state index contributed by atoms with van der Waals surface area (Å²) in [5, 5.41) is 14.6. The zero-order chi connectivity index (χ0) is 17.6. The maximum absolute atomic E-state index is 12.1. The summed E-state index contributed by atoms with van der Waals surface area (Å²) in [7, 11) is 2.13. The Morgan fingerprint density at radius 2 is 1.68 bits per heavy atom. The second-order valence-corrected chi connectivity index (χ2v) is 6.07. The topological polar surface area (TPSA) is 71.4 Å². The van der Waals surface area contributed by atoms with Gasteiger partial charge in [0.1, 0.15) is 6.07 Å². The smallest absolute Gasteiger partial charge is 0.323 e. The van der Waals surface area contributed by atoms with Crippen LogP contribution in [-0.2, 0) is 0 Å². The molecule has 2 aromatic carbocycles. The predicted molar refractivity (Wildman–Crippen MR) is 100.0 cm³/mol. The number of rotatable bonds is 3. The maximum Gasteiger partial charge on any atom is 0.323 e. The highest BCUT2D eigenvalue weighted by Crippen LogP contribution is 2.20. The lowest BCUT2D eigenvalue weighted by molar-refractivity contribution is 0.262. The Hall–Kier alpha value is -3.04. The molecular formula is C19H21N5O. The number of benzene rings is 2. The highest BCUT2D eigenvalue weighted by atomic mass is 16.2. The summed E-state index contributed by atoms with van der Waals surface area (Å²) in [5.74, 6) is 0. The summed E-state index contributed by atoms with van der Waals surface area (Å²) in [6, 6.07) is 16.4. The molecule has 2 N–H and O–H groups in total. The molecule has 0 aromatic heterocycles. The summed E-state index contributed by atoms with van der Waals surface area (Å²) in [6.07, 6.45) is 0. The third-order valence-electron chi connectivity index (χ3n) is 4.29. The summed E-state index contributed by atoms with van der Waals surface area (Å²) < 4.78 is 0. The summed E-state index contributed by atoms with van der Waals surface area (Å²) in [4.78, 5) is 16.8. The molecule has 6 heteroatoms. The Labute approximate surface area is 147 Å². The van der Waals surface area contributed by atoms with E-state index in [9.17, 15) is 4.79 Å². The molecule has 1 aliphatic rings. The number of carbonyl (C=O) groups is 1. The fourth-order valence-electron chi connectivity index (χ4n) is 2.79. The molecule has 1 heterocycles. The summed E-state index contributed by atoms with van der Waals surface area (Å²) in [6.45, 7) is 4.13. The number of para-hydroxylation sites is 1. The average Bonchev–Trinajstić information content (AvgIpc) is 2.63. The van der Waals surface area contributed by atoms with Gasteiger partial charge in [0, 0.05) is 37.6 Å². The molecule has 0 spiro atoms. The van der Waals surface area contributed by atoms with Gasteiger partial charge in [0.15, 0.2) is 0 Å². The normalized spacial score (nSPS) is 14.6. The minimum atomic E-state index is -0.366. The lowest BCUT2D eigenvalue weighted by Gasteiger charge is -2.34. The van der Waals surface area contributed by atoms with Crippen LogP contribution in [-0.4, -0.2) is 44.2 Å². The molecule has 2 amide bonds. The van der Waals surface area contributed by atoms with Crippen molar-refractivity contribution in [3.8, 4) is 6.07 Å². The largest absolute Gasteiger partial charge is 0.369 e. The molecule has 25 heavy (non-hydrogen) atoms. The molecule has 0 atom stereocenters. The van der Waals surface area contributed by atoms with Crippen molar-refractivity contribution in [2.24, 2.45) is 0 Å². The van der Waals surface area contributed by atoms with Crippen molar-refractivity contribution < 1.29 is 4.79 Å². The van der Waals surface area contributed by atoms with E-state index < -0.39 is 0 Å². The zero-order valence-electron chi connectivity index (χ0n) is 14.2. The third kappa shape index (κ3) is 4.28. The van der Waals surface area contributed by atoms with E-state index in [-0.39, 0.29) is 6.03 Å². The number of hydrogen-bond acceptors (Lipinski definition) is 4. The van der Waals surface area contributed by atoms with Crippen molar-refractivity contribution in [2.75, 3.05) is 48.8 Å². The first-order chi connectivity index (χ1) is 12.2. The van der Waals surface area contributed by atoms with Crippen LogP contribution in [0.1, 0.15) is 5.56 Å². The van der Waals surface area contributed by atoms with Gasteiger partial charge < -0.3 is 20.4 Å². The Morgan fingerprint density at radius 3 is 2.36 bits per heavy atom. The Balaban J connectivity index is 1.59. The van der Waals surface area contributed by atoms with Gasteiger partial charge >= 0.3 is 6.03 Å². The maximum atomic E-state index is 12.1. The molecule has 0 unspecified atom stereocenters. The molecule has 3 rings (SSSR count). The SMILES string of the molecule is CN1CCN(c2ccc(NC(=O)Nc3ccccc3C#N)cc2)CC1. The molecule has 1 aliphatic heterocycles. The molecule has 0 saturated carbocycles. The highest BCUT2D eigenvalue weighted by Gasteiger charge is 2.14. The predicted octanol–water partition coefficient (Wildman–Crippen LogP) is 2.95. The number of amides is 2. The van der Waals surface area contributed by atoms with E-state index >= 15 is 0 Å². The summed E-state index contributed by atoms with van der Waals surface area (Å²) in [5.41, 5.74) is 2.80. The minimum Gasteiger partial charge on any atom is -0.369 e. The monoisotopic (exact) mass is 335 g/mol. The molecule has 1 saturated heterocycles. The minimum absolute atomic E-state index is 0.366.